The lowest BCUT2D eigenvalue weighted by molar-refractivity contribution is -0.00663. The quantitative estimate of drug-likeness (QED) is 0.918. The van der Waals surface area contributed by atoms with Crippen LogP contribution in [0.4, 0.5) is 0 Å². The van der Waals surface area contributed by atoms with Crippen molar-refractivity contribution in [2.45, 2.75) is 57.3 Å². The smallest absolute Gasteiger partial charge is 0.123 e. The van der Waals surface area contributed by atoms with E-state index in [0.717, 1.165) is 25.2 Å². The largest absolute Gasteiger partial charge is 0.487 e. The summed E-state index contributed by atoms with van der Waals surface area (Å²) in [5.41, 5.74) is 2.57. The van der Waals surface area contributed by atoms with E-state index in [9.17, 15) is 0 Å². The van der Waals surface area contributed by atoms with Gasteiger partial charge in [-0.3, -0.25) is 0 Å². The van der Waals surface area contributed by atoms with Gasteiger partial charge in [-0.15, -0.1) is 0 Å². The van der Waals surface area contributed by atoms with E-state index in [-0.39, 0.29) is 11.6 Å². The summed E-state index contributed by atoms with van der Waals surface area (Å²) in [6, 6.07) is 6.87. The van der Waals surface area contributed by atoms with Crippen molar-refractivity contribution in [3.8, 4) is 5.75 Å². The Labute approximate surface area is 121 Å². The molecule has 2 atom stereocenters. The van der Waals surface area contributed by atoms with E-state index in [2.05, 4.69) is 37.4 Å². The second-order valence-electron chi connectivity index (χ2n) is 6.58. The van der Waals surface area contributed by atoms with Gasteiger partial charge in [-0.05, 0) is 57.4 Å². The molecule has 1 saturated heterocycles. The van der Waals surface area contributed by atoms with Gasteiger partial charge in [-0.2, -0.15) is 0 Å². The van der Waals surface area contributed by atoms with Crippen molar-refractivity contribution < 1.29 is 9.47 Å². The molecule has 2 unspecified atom stereocenters. The van der Waals surface area contributed by atoms with Crippen molar-refractivity contribution >= 4 is 0 Å². The van der Waals surface area contributed by atoms with Crippen molar-refractivity contribution in [3.63, 3.8) is 0 Å². The zero-order chi connectivity index (χ0) is 14.2. The van der Waals surface area contributed by atoms with Gasteiger partial charge in [0.15, 0.2) is 0 Å². The van der Waals surface area contributed by atoms with E-state index in [1.807, 2.05) is 7.05 Å². The number of benzene rings is 1. The maximum absolute atomic E-state index is 5.96. The molecule has 0 aromatic heterocycles. The van der Waals surface area contributed by atoms with Crippen LogP contribution in [0.1, 0.15) is 50.3 Å². The molecule has 0 spiro atoms. The van der Waals surface area contributed by atoms with Crippen LogP contribution in [-0.2, 0) is 11.2 Å². The highest BCUT2D eigenvalue weighted by Crippen LogP contribution is 2.37. The van der Waals surface area contributed by atoms with Gasteiger partial charge in [0.1, 0.15) is 11.4 Å². The van der Waals surface area contributed by atoms with Gasteiger partial charge in [0.05, 0.1) is 12.1 Å². The first kappa shape index (κ1) is 13.9. The Balaban J connectivity index is 1.83. The van der Waals surface area contributed by atoms with Crippen LogP contribution in [0.3, 0.4) is 0 Å². The number of fused-ring (bicyclic) bond motifs is 1. The molecule has 0 radical (unpaired) electrons. The van der Waals surface area contributed by atoms with Crippen LogP contribution in [0.5, 0.6) is 5.75 Å². The van der Waals surface area contributed by atoms with Crippen molar-refractivity contribution in [1.29, 1.82) is 0 Å². The first-order valence-electron chi connectivity index (χ1n) is 7.70. The van der Waals surface area contributed by atoms with Crippen molar-refractivity contribution in [2.24, 2.45) is 0 Å². The zero-order valence-corrected chi connectivity index (χ0v) is 12.7. The summed E-state index contributed by atoms with van der Waals surface area (Å²) >= 11 is 0. The second-order valence-corrected chi connectivity index (χ2v) is 6.58. The molecule has 1 aromatic carbocycles. The molecule has 1 aromatic rings. The summed E-state index contributed by atoms with van der Waals surface area (Å²) < 4.78 is 11.9. The first-order chi connectivity index (χ1) is 9.59. The van der Waals surface area contributed by atoms with E-state index >= 15 is 0 Å². The average Bonchev–Trinajstić information content (AvgIpc) is 2.74. The molecular weight excluding hydrogens is 250 g/mol. The average molecular weight is 275 g/mol. The van der Waals surface area contributed by atoms with Crippen molar-refractivity contribution in [1.82, 2.24) is 5.32 Å². The minimum absolute atomic E-state index is 0.0720. The third-order valence-corrected chi connectivity index (χ3v) is 4.34. The number of nitrogens with one attached hydrogen (secondary N) is 1. The van der Waals surface area contributed by atoms with E-state index in [1.165, 1.54) is 24.0 Å². The van der Waals surface area contributed by atoms with Gasteiger partial charge < -0.3 is 14.8 Å². The molecule has 2 aliphatic heterocycles. The predicted octanol–water partition coefficient (Wildman–Crippen LogP) is 3.23. The highest BCUT2D eigenvalue weighted by atomic mass is 16.5. The Morgan fingerprint density at radius 2 is 2.15 bits per heavy atom. The van der Waals surface area contributed by atoms with Crippen LogP contribution in [-0.4, -0.2) is 25.4 Å². The predicted molar refractivity (Wildman–Crippen MR) is 80.2 cm³/mol. The molecular formula is C17H25NO2. The molecule has 3 nitrogen and oxygen atoms in total. The van der Waals surface area contributed by atoms with Crippen LogP contribution in [0.25, 0.3) is 0 Å². The Morgan fingerprint density at radius 3 is 2.85 bits per heavy atom. The molecule has 0 amide bonds. The Bertz CT molecular complexity index is 478. The molecule has 20 heavy (non-hydrogen) atoms. The molecule has 2 aliphatic rings. The highest BCUT2D eigenvalue weighted by molar-refractivity contribution is 5.43. The summed E-state index contributed by atoms with van der Waals surface area (Å²) in [4.78, 5) is 0. The van der Waals surface area contributed by atoms with Crippen LogP contribution in [0.15, 0.2) is 18.2 Å². The van der Waals surface area contributed by atoms with Crippen LogP contribution in [0, 0.1) is 0 Å². The Kier molecular flexibility index (Phi) is 3.74. The summed E-state index contributed by atoms with van der Waals surface area (Å²) in [5.74, 6) is 1.04. The second kappa shape index (κ2) is 5.38. The highest BCUT2D eigenvalue weighted by Gasteiger charge is 2.31. The van der Waals surface area contributed by atoms with Gasteiger partial charge in [0, 0.05) is 13.0 Å². The van der Waals surface area contributed by atoms with E-state index in [4.69, 9.17) is 9.47 Å². The maximum atomic E-state index is 5.96. The number of rotatable bonds is 3. The van der Waals surface area contributed by atoms with Gasteiger partial charge in [-0.1, -0.05) is 12.1 Å². The monoisotopic (exact) mass is 275 g/mol. The molecule has 110 valence electrons. The summed E-state index contributed by atoms with van der Waals surface area (Å²) in [7, 11) is 2.02. The fraction of sp³-hybridized carbons (Fsp3) is 0.647. The first-order valence-corrected chi connectivity index (χ1v) is 7.70. The van der Waals surface area contributed by atoms with Crippen molar-refractivity contribution in [3.05, 3.63) is 29.3 Å². The third-order valence-electron chi connectivity index (χ3n) is 4.34. The normalized spacial score (nSPS) is 25.9. The maximum Gasteiger partial charge on any atom is 0.123 e. The topological polar surface area (TPSA) is 30.5 Å². The number of likely N-dealkylation sites (N-methyl/N-ethyl adjacent to an activating group) is 1. The molecule has 1 N–H and O–H groups in total. The summed E-state index contributed by atoms with van der Waals surface area (Å²) in [6.45, 7) is 5.18. The zero-order valence-electron chi connectivity index (χ0n) is 12.7. The molecule has 0 bridgehead atoms. The molecule has 1 fully saturated rings. The minimum Gasteiger partial charge on any atom is -0.487 e. The van der Waals surface area contributed by atoms with Gasteiger partial charge in [0.2, 0.25) is 0 Å². The lowest BCUT2D eigenvalue weighted by atomic mass is 9.93. The van der Waals surface area contributed by atoms with Crippen LogP contribution < -0.4 is 10.1 Å². The van der Waals surface area contributed by atoms with E-state index in [0.29, 0.717) is 6.10 Å². The number of hydrogen-bond acceptors (Lipinski definition) is 3. The fourth-order valence-corrected chi connectivity index (χ4v) is 3.42. The third kappa shape index (κ3) is 2.70. The van der Waals surface area contributed by atoms with E-state index in [1.54, 1.807) is 0 Å². The van der Waals surface area contributed by atoms with E-state index < -0.39 is 0 Å². The molecule has 3 heteroatoms. The SMILES string of the molecule is CNC(c1ccc2c(c1)CC(C)(C)O2)C1CCCCO1. The molecule has 3 rings (SSSR count). The van der Waals surface area contributed by atoms with Crippen molar-refractivity contribution in [2.75, 3.05) is 13.7 Å². The van der Waals surface area contributed by atoms with Gasteiger partial charge in [0.25, 0.3) is 0 Å². The molecule has 0 aliphatic carbocycles. The van der Waals surface area contributed by atoms with Crippen LogP contribution >= 0.6 is 0 Å². The summed E-state index contributed by atoms with van der Waals surface area (Å²) in [6.07, 6.45) is 4.88. The molecule has 0 saturated carbocycles. The number of hydrogen-bond donors (Lipinski definition) is 1. The summed E-state index contributed by atoms with van der Waals surface area (Å²) in [5, 5.41) is 3.43. The minimum atomic E-state index is -0.0720. The molecule has 2 heterocycles. The van der Waals surface area contributed by atoms with Gasteiger partial charge >= 0.3 is 0 Å². The Hall–Kier alpha value is -1.06. The van der Waals surface area contributed by atoms with Crippen LogP contribution in [0.2, 0.25) is 0 Å². The van der Waals surface area contributed by atoms with Gasteiger partial charge in [-0.25, -0.2) is 0 Å². The lowest BCUT2D eigenvalue weighted by Crippen LogP contribution is -2.34. The standard InChI is InChI=1S/C17H25NO2/c1-17(2)11-13-10-12(7-8-14(13)20-17)16(18-3)15-6-4-5-9-19-15/h7-8,10,15-16,18H,4-6,9,11H2,1-3H3. The number of ether oxygens (including phenoxy) is 2. The Morgan fingerprint density at radius 1 is 1.30 bits per heavy atom. The fourth-order valence-electron chi connectivity index (χ4n) is 3.42. The lowest BCUT2D eigenvalue weighted by Gasteiger charge is -2.30.